The number of methoxy groups -OCH3 is 1. The van der Waals surface area contributed by atoms with Crippen molar-refractivity contribution in [2.45, 2.75) is 38.2 Å². The van der Waals surface area contributed by atoms with Gasteiger partial charge in [0.15, 0.2) is 0 Å². The molecule has 0 saturated carbocycles. The molecule has 1 aliphatic heterocycles. The number of rotatable bonds is 9. The minimum atomic E-state index is -3.28. The fraction of sp³-hybridized carbons (Fsp3) is 0.455. The number of H-pyrrole nitrogens is 1. The molecule has 1 saturated heterocycles. The number of piperidine rings is 1. The van der Waals surface area contributed by atoms with E-state index in [1.807, 2.05) is 0 Å². The van der Waals surface area contributed by atoms with Gasteiger partial charge in [-0.25, -0.2) is 17.6 Å². The zero-order valence-electron chi connectivity index (χ0n) is 18.0. The maximum atomic E-state index is 14.5. The van der Waals surface area contributed by atoms with Crippen LogP contribution in [0.1, 0.15) is 37.3 Å². The second-order valence-corrected chi connectivity index (χ2v) is 7.63. The molecule has 32 heavy (non-hydrogen) atoms. The lowest BCUT2D eigenvalue weighted by Gasteiger charge is -2.23. The minimum absolute atomic E-state index is 0.00944. The van der Waals surface area contributed by atoms with E-state index in [-0.39, 0.29) is 40.8 Å². The normalized spacial score (nSPS) is 18.4. The van der Waals surface area contributed by atoms with Crippen molar-refractivity contribution in [1.82, 2.24) is 15.6 Å². The first kappa shape index (κ1) is 23.9. The highest BCUT2D eigenvalue weighted by atomic mass is 19.3. The largest absolute Gasteiger partial charge is 0.496 e. The van der Waals surface area contributed by atoms with Gasteiger partial charge < -0.3 is 15.0 Å². The highest BCUT2D eigenvalue weighted by molar-refractivity contribution is 6.20. The Balaban J connectivity index is 2.09. The fourth-order valence-corrected chi connectivity index (χ4v) is 3.86. The van der Waals surface area contributed by atoms with Gasteiger partial charge in [0, 0.05) is 42.9 Å². The highest BCUT2D eigenvalue weighted by Crippen LogP contribution is 2.38. The zero-order chi connectivity index (χ0) is 23.3. The molecule has 1 aromatic heterocycles. The van der Waals surface area contributed by atoms with Crippen LogP contribution in [0.3, 0.4) is 0 Å². The van der Waals surface area contributed by atoms with Crippen LogP contribution in [0.4, 0.5) is 17.6 Å². The SMILES string of the molecule is C=N/C=C(\C(=N/CNC1CCCNC1)c1c[nH]c2c(C(F)F)c(OC)ccc12)C(C)(F)F. The van der Waals surface area contributed by atoms with Crippen LogP contribution >= 0.6 is 0 Å². The minimum Gasteiger partial charge on any atom is -0.496 e. The molecule has 3 N–H and O–H groups in total. The monoisotopic (exact) mass is 453 g/mol. The van der Waals surface area contributed by atoms with Gasteiger partial charge in [0.05, 0.1) is 36.1 Å². The quantitative estimate of drug-likeness (QED) is 0.388. The highest BCUT2D eigenvalue weighted by Gasteiger charge is 2.34. The maximum absolute atomic E-state index is 14.5. The van der Waals surface area contributed by atoms with Crippen LogP contribution in [0.2, 0.25) is 0 Å². The lowest BCUT2D eigenvalue weighted by atomic mass is 9.97. The fourth-order valence-electron chi connectivity index (χ4n) is 3.86. The number of benzene rings is 1. The first-order valence-corrected chi connectivity index (χ1v) is 10.3. The standard InChI is InChI=1S/C22H27F4N5O/c1-22(25,26)16(11-27-2)19(31-12-30-13-5-4-8-28-9-13)15-10-29-20-14(15)6-7-17(32-3)18(20)21(23)24/h6-7,10-11,13,21,28-30H,2,4-5,8-9,12H2,1,3H3/b16-11+,31-19-. The molecule has 1 aromatic carbocycles. The third kappa shape index (κ3) is 5.18. The van der Waals surface area contributed by atoms with E-state index in [0.29, 0.717) is 5.39 Å². The van der Waals surface area contributed by atoms with Crippen LogP contribution in [-0.2, 0) is 0 Å². The van der Waals surface area contributed by atoms with E-state index < -0.39 is 17.9 Å². The number of halogens is 4. The molecular formula is C22H27F4N5O. The van der Waals surface area contributed by atoms with Gasteiger partial charge in [-0.15, -0.1) is 0 Å². The molecule has 1 fully saturated rings. The smallest absolute Gasteiger partial charge is 0.274 e. The third-order valence-electron chi connectivity index (χ3n) is 5.41. The number of hydrogen-bond donors (Lipinski definition) is 3. The summed E-state index contributed by atoms with van der Waals surface area (Å²) in [5.74, 6) is -3.27. The Morgan fingerprint density at radius 2 is 2.19 bits per heavy atom. The molecule has 1 unspecified atom stereocenters. The molecule has 6 nitrogen and oxygen atoms in total. The number of allylic oxidation sites excluding steroid dienone is 1. The van der Waals surface area contributed by atoms with Crippen molar-refractivity contribution in [3.8, 4) is 5.75 Å². The molecule has 2 aromatic rings. The number of alkyl halides is 4. The second kappa shape index (κ2) is 10.3. The summed E-state index contributed by atoms with van der Waals surface area (Å²) in [5, 5.41) is 6.84. The average molecular weight is 453 g/mol. The number of aromatic nitrogens is 1. The summed E-state index contributed by atoms with van der Waals surface area (Å²) in [7, 11) is 1.30. The van der Waals surface area contributed by atoms with Gasteiger partial charge in [-0.3, -0.25) is 15.3 Å². The molecule has 2 heterocycles. The first-order valence-electron chi connectivity index (χ1n) is 10.3. The summed E-state index contributed by atoms with van der Waals surface area (Å²) >= 11 is 0. The van der Waals surface area contributed by atoms with Crippen molar-refractivity contribution in [2.75, 3.05) is 26.9 Å². The van der Waals surface area contributed by atoms with Crippen molar-refractivity contribution in [1.29, 1.82) is 0 Å². The van der Waals surface area contributed by atoms with Crippen molar-refractivity contribution >= 4 is 23.3 Å². The summed E-state index contributed by atoms with van der Waals surface area (Å²) < 4.78 is 61.5. The van der Waals surface area contributed by atoms with Gasteiger partial charge in [-0.2, -0.15) is 0 Å². The third-order valence-corrected chi connectivity index (χ3v) is 5.41. The molecule has 0 amide bonds. The number of hydrogen-bond acceptors (Lipinski definition) is 5. The van der Waals surface area contributed by atoms with Gasteiger partial charge >= 0.3 is 0 Å². The van der Waals surface area contributed by atoms with Gasteiger partial charge in [0.1, 0.15) is 5.75 Å². The number of aromatic amines is 1. The molecule has 0 spiro atoms. The Kier molecular flexibility index (Phi) is 7.68. The molecule has 0 radical (unpaired) electrons. The van der Waals surface area contributed by atoms with Crippen LogP contribution in [0.25, 0.3) is 10.9 Å². The molecular weight excluding hydrogens is 426 g/mol. The molecule has 0 bridgehead atoms. The van der Waals surface area contributed by atoms with Crippen molar-refractivity contribution in [3.63, 3.8) is 0 Å². The predicted molar refractivity (Wildman–Crippen MR) is 118 cm³/mol. The number of nitrogens with zero attached hydrogens (tertiary/aromatic N) is 2. The van der Waals surface area contributed by atoms with Crippen LogP contribution in [0.5, 0.6) is 5.75 Å². The number of nitrogens with one attached hydrogen (secondary N) is 3. The van der Waals surface area contributed by atoms with Crippen LogP contribution < -0.4 is 15.4 Å². The van der Waals surface area contributed by atoms with Crippen LogP contribution in [0.15, 0.2) is 40.1 Å². The van der Waals surface area contributed by atoms with Gasteiger partial charge in [0.2, 0.25) is 0 Å². The Morgan fingerprint density at radius 3 is 2.78 bits per heavy atom. The molecule has 10 heteroatoms. The van der Waals surface area contributed by atoms with Gasteiger partial charge in [-0.05, 0) is 38.2 Å². The lowest BCUT2D eigenvalue weighted by molar-refractivity contribution is 0.0699. The number of fused-ring (bicyclic) bond motifs is 1. The second-order valence-electron chi connectivity index (χ2n) is 7.63. The summed E-state index contributed by atoms with van der Waals surface area (Å²) in [6, 6.07) is 3.11. The predicted octanol–water partition coefficient (Wildman–Crippen LogP) is 4.44. The van der Waals surface area contributed by atoms with E-state index >= 15 is 0 Å². The Morgan fingerprint density at radius 1 is 1.41 bits per heavy atom. The van der Waals surface area contributed by atoms with E-state index in [2.05, 4.69) is 32.3 Å². The van der Waals surface area contributed by atoms with Gasteiger partial charge in [-0.1, -0.05) is 0 Å². The van der Waals surface area contributed by atoms with E-state index in [0.717, 1.165) is 39.1 Å². The lowest BCUT2D eigenvalue weighted by Crippen LogP contribution is -2.43. The Labute approximate surface area is 183 Å². The summed E-state index contributed by atoms with van der Waals surface area (Å²) in [6.07, 6.45) is 1.49. The molecule has 1 atom stereocenters. The van der Waals surface area contributed by atoms with Crippen molar-refractivity contribution < 1.29 is 22.3 Å². The van der Waals surface area contributed by atoms with Crippen LogP contribution in [-0.4, -0.2) is 56.2 Å². The van der Waals surface area contributed by atoms with Crippen molar-refractivity contribution in [2.24, 2.45) is 9.98 Å². The Hall–Kier alpha value is -2.72. The van der Waals surface area contributed by atoms with Gasteiger partial charge in [0.25, 0.3) is 12.3 Å². The molecule has 0 aliphatic carbocycles. The summed E-state index contributed by atoms with van der Waals surface area (Å²) in [4.78, 5) is 10.7. The first-order chi connectivity index (χ1) is 15.3. The number of ether oxygens (including phenoxy) is 1. The average Bonchev–Trinajstić information content (AvgIpc) is 3.18. The summed E-state index contributed by atoms with van der Waals surface area (Å²) in [5.41, 5.74) is -0.455. The Bertz CT molecular complexity index is 1000. The summed E-state index contributed by atoms with van der Waals surface area (Å²) in [6.45, 7) is 5.81. The molecule has 3 rings (SSSR count). The van der Waals surface area contributed by atoms with E-state index in [1.54, 1.807) is 6.07 Å². The van der Waals surface area contributed by atoms with Crippen LogP contribution in [0, 0.1) is 0 Å². The number of aliphatic imine (C=N–C) groups is 2. The van der Waals surface area contributed by atoms with Crippen molar-refractivity contribution in [3.05, 3.63) is 41.2 Å². The van der Waals surface area contributed by atoms with E-state index in [4.69, 9.17) is 4.74 Å². The topological polar surface area (TPSA) is 73.8 Å². The molecule has 174 valence electrons. The molecule has 1 aliphatic rings. The maximum Gasteiger partial charge on any atom is 0.274 e. The zero-order valence-corrected chi connectivity index (χ0v) is 18.0. The van der Waals surface area contributed by atoms with E-state index in [1.165, 1.54) is 19.4 Å². The van der Waals surface area contributed by atoms with E-state index in [9.17, 15) is 17.6 Å².